The maximum absolute atomic E-state index is 10.7. The lowest BCUT2D eigenvalue weighted by molar-refractivity contribution is 0.341. The Morgan fingerprint density at radius 1 is 1.29 bits per heavy atom. The minimum Gasteiger partial charge on any atom is -0.492 e. The average molecular weight is 277 g/mol. The molecular formula is C12H17ClO3S. The Kier molecular flexibility index (Phi) is 5.28. The van der Waals surface area contributed by atoms with Gasteiger partial charge in [-0.3, -0.25) is 0 Å². The molecule has 0 aliphatic heterocycles. The first kappa shape index (κ1) is 14.3. The molecule has 1 rings (SSSR count). The second-order valence-electron chi connectivity index (χ2n) is 3.97. The van der Waals surface area contributed by atoms with Crippen LogP contribution in [0.5, 0.6) is 5.75 Å². The Labute approximate surface area is 107 Å². The molecule has 0 bridgehead atoms. The van der Waals surface area contributed by atoms with E-state index in [0.29, 0.717) is 11.7 Å². The standard InChI is InChI=1S/C12H17ClO3S/c1-3-10(2)11-4-6-12(7-5-11)16-8-9-17(13,14)15/h4-7,10H,3,8-9H2,1-2H3. The first-order chi connectivity index (χ1) is 7.92. The largest absolute Gasteiger partial charge is 0.492 e. The summed E-state index contributed by atoms with van der Waals surface area (Å²) in [6, 6.07) is 7.70. The average Bonchev–Trinajstić information content (AvgIpc) is 2.27. The van der Waals surface area contributed by atoms with Gasteiger partial charge in [-0.1, -0.05) is 26.0 Å². The molecule has 0 aliphatic carbocycles. The predicted octanol–water partition coefficient (Wildman–Crippen LogP) is 3.15. The molecule has 0 saturated heterocycles. The number of halogens is 1. The van der Waals surface area contributed by atoms with Crippen LogP contribution in [0.15, 0.2) is 24.3 Å². The summed E-state index contributed by atoms with van der Waals surface area (Å²) < 4.78 is 26.7. The van der Waals surface area contributed by atoms with Crippen LogP contribution in [0.2, 0.25) is 0 Å². The highest BCUT2D eigenvalue weighted by atomic mass is 35.7. The van der Waals surface area contributed by atoms with Crippen LogP contribution in [0.25, 0.3) is 0 Å². The fourth-order valence-electron chi connectivity index (χ4n) is 1.39. The zero-order valence-electron chi connectivity index (χ0n) is 10.0. The molecule has 1 atom stereocenters. The van der Waals surface area contributed by atoms with Gasteiger partial charge in [0.2, 0.25) is 9.05 Å². The van der Waals surface area contributed by atoms with Crippen molar-refractivity contribution in [2.75, 3.05) is 12.4 Å². The summed E-state index contributed by atoms with van der Waals surface area (Å²) in [6.07, 6.45) is 1.09. The quantitative estimate of drug-likeness (QED) is 0.750. The van der Waals surface area contributed by atoms with Gasteiger partial charge in [0, 0.05) is 10.7 Å². The number of hydrogen-bond donors (Lipinski definition) is 0. The lowest BCUT2D eigenvalue weighted by atomic mass is 9.99. The van der Waals surface area contributed by atoms with Crippen LogP contribution in [0.3, 0.4) is 0 Å². The van der Waals surface area contributed by atoms with Gasteiger partial charge in [0.25, 0.3) is 0 Å². The second-order valence-corrected chi connectivity index (χ2v) is 6.87. The van der Waals surface area contributed by atoms with Crippen molar-refractivity contribution in [1.29, 1.82) is 0 Å². The van der Waals surface area contributed by atoms with Crippen molar-refractivity contribution in [3.8, 4) is 5.75 Å². The number of ether oxygens (including phenoxy) is 1. The van der Waals surface area contributed by atoms with Crippen LogP contribution >= 0.6 is 10.7 Å². The molecule has 1 aromatic carbocycles. The minimum atomic E-state index is -3.47. The molecule has 0 saturated carbocycles. The summed E-state index contributed by atoms with van der Waals surface area (Å²) in [5, 5.41) is 0. The summed E-state index contributed by atoms with van der Waals surface area (Å²) in [6.45, 7) is 4.38. The van der Waals surface area contributed by atoms with Gasteiger partial charge in [0.05, 0.1) is 5.75 Å². The van der Waals surface area contributed by atoms with Gasteiger partial charge in [-0.2, -0.15) is 0 Å². The van der Waals surface area contributed by atoms with Crippen molar-refractivity contribution in [2.45, 2.75) is 26.2 Å². The molecule has 0 fully saturated rings. The molecule has 3 nitrogen and oxygen atoms in total. The van der Waals surface area contributed by atoms with Crippen LogP contribution in [0, 0.1) is 0 Å². The van der Waals surface area contributed by atoms with Crippen molar-refractivity contribution in [2.24, 2.45) is 0 Å². The SMILES string of the molecule is CCC(C)c1ccc(OCCS(=O)(=O)Cl)cc1. The summed E-state index contributed by atoms with van der Waals surface area (Å²) in [5.74, 6) is 1.01. The molecular weight excluding hydrogens is 260 g/mol. The fourth-order valence-corrected chi connectivity index (χ4v) is 1.86. The first-order valence-electron chi connectivity index (χ1n) is 5.57. The third-order valence-corrected chi connectivity index (χ3v) is 3.77. The molecule has 17 heavy (non-hydrogen) atoms. The molecule has 0 aromatic heterocycles. The smallest absolute Gasteiger partial charge is 0.235 e. The summed E-state index contributed by atoms with van der Waals surface area (Å²) >= 11 is 0. The monoisotopic (exact) mass is 276 g/mol. The Balaban J connectivity index is 2.51. The van der Waals surface area contributed by atoms with Gasteiger partial charge in [0.15, 0.2) is 0 Å². The molecule has 0 radical (unpaired) electrons. The van der Waals surface area contributed by atoms with E-state index in [4.69, 9.17) is 15.4 Å². The second kappa shape index (κ2) is 6.26. The van der Waals surface area contributed by atoms with Crippen LogP contribution in [-0.4, -0.2) is 20.8 Å². The van der Waals surface area contributed by atoms with E-state index in [-0.39, 0.29) is 12.4 Å². The van der Waals surface area contributed by atoms with E-state index in [9.17, 15) is 8.42 Å². The molecule has 1 aromatic rings. The number of benzene rings is 1. The maximum atomic E-state index is 10.7. The predicted molar refractivity (Wildman–Crippen MR) is 70.3 cm³/mol. The Bertz CT molecular complexity index is 439. The fraction of sp³-hybridized carbons (Fsp3) is 0.500. The van der Waals surface area contributed by atoms with Crippen molar-refractivity contribution in [3.63, 3.8) is 0 Å². The lowest BCUT2D eigenvalue weighted by Crippen LogP contribution is -2.08. The molecule has 5 heteroatoms. The minimum absolute atomic E-state index is 0.0779. The summed E-state index contributed by atoms with van der Waals surface area (Å²) in [5.41, 5.74) is 1.25. The van der Waals surface area contributed by atoms with E-state index in [0.717, 1.165) is 6.42 Å². The topological polar surface area (TPSA) is 43.4 Å². The van der Waals surface area contributed by atoms with Gasteiger partial charge in [-0.15, -0.1) is 0 Å². The third-order valence-electron chi connectivity index (χ3n) is 2.66. The lowest BCUT2D eigenvalue weighted by Gasteiger charge is -2.10. The van der Waals surface area contributed by atoms with Gasteiger partial charge in [-0.25, -0.2) is 8.42 Å². The normalized spacial score (nSPS) is 13.4. The van der Waals surface area contributed by atoms with Gasteiger partial charge < -0.3 is 4.74 Å². The van der Waals surface area contributed by atoms with Gasteiger partial charge in [0.1, 0.15) is 12.4 Å². The number of rotatable bonds is 6. The summed E-state index contributed by atoms with van der Waals surface area (Å²) in [7, 11) is 1.60. The first-order valence-corrected chi connectivity index (χ1v) is 8.05. The van der Waals surface area contributed by atoms with Crippen LogP contribution in [0.1, 0.15) is 31.7 Å². The Hall–Kier alpha value is -0.740. The Morgan fingerprint density at radius 3 is 2.35 bits per heavy atom. The van der Waals surface area contributed by atoms with E-state index >= 15 is 0 Å². The van der Waals surface area contributed by atoms with E-state index in [1.54, 1.807) is 0 Å². The molecule has 0 N–H and O–H groups in total. The van der Waals surface area contributed by atoms with E-state index in [2.05, 4.69) is 13.8 Å². The van der Waals surface area contributed by atoms with E-state index < -0.39 is 9.05 Å². The summed E-state index contributed by atoms with van der Waals surface area (Å²) in [4.78, 5) is 0. The molecule has 0 spiro atoms. The molecule has 1 unspecified atom stereocenters. The third kappa shape index (κ3) is 5.41. The highest BCUT2D eigenvalue weighted by Crippen LogP contribution is 2.21. The highest BCUT2D eigenvalue weighted by molar-refractivity contribution is 8.13. The zero-order valence-corrected chi connectivity index (χ0v) is 11.6. The van der Waals surface area contributed by atoms with Crippen LogP contribution < -0.4 is 4.74 Å². The van der Waals surface area contributed by atoms with Crippen LogP contribution in [-0.2, 0) is 9.05 Å². The van der Waals surface area contributed by atoms with Crippen molar-refractivity contribution in [1.82, 2.24) is 0 Å². The van der Waals surface area contributed by atoms with Crippen molar-refractivity contribution >= 4 is 19.7 Å². The number of hydrogen-bond acceptors (Lipinski definition) is 3. The molecule has 0 aliphatic rings. The molecule has 0 heterocycles. The molecule has 96 valence electrons. The highest BCUT2D eigenvalue weighted by Gasteiger charge is 2.06. The molecule has 0 amide bonds. The van der Waals surface area contributed by atoms with Gasteiger partial charge in [-0.05, 0) is 30.0 Å². The van der Waals surface area contributed by atoms with E-state index in [1.165, 1.54) is 5.56 Å². The van der Waals surface area contributed by atoms with Crippen molar-refractivity contribution in [3.05, 3.63) is 29.8 Å². The van der Waals surface area contributed by atoms with E-state index in [1.807, 2.05) is 24.3 Å². The maximum Gasteiger partial charge on any atom is 0.235 e. The van der Waals surface area contributed by atoms with Crippen LogP contribution in [0.4, 0.5) is 0 Å². The Morgan fingerprint density at radius 2 is 1.88 bits per heavy atom. The van der Waals surface area contributed by atoms with Crippen molar-refractivity contribution < 1.29 is 13.2 Å². The van der Waals surface area contributed by atoms with Gasteiger partial charge >= 0.3 is 0 Å². The zero-order chi connectivity index (χ0) is 12.9.